The summed E-state index contributed by atoms with van der Waals surface area (Å²) >= 11 is 0.981. The molecule has 0 radical (unpaired) electrons. The minimum absolute atomic E-state index is 0.0108. The predicted octanol–water partition coefficient (Wildman–Crippen LogP) is 0.589. The summed E-state index contributed by atoms with van der Waals surface area (Å²) in [6.07, 6.45) is 0. The molecule has 0 aromatic carbocycles. The molecule has 1 aromatic heterocycles. The van der Waals surface area contributed by atoms with Gasteiger partial charge in [-0.1, -0.05) is 0 Å². The molecule has 1 rings (SSSR count). The van der Waals surface area contributed by atoms with Gasteiger partial charge in [-0.3, -0.25) is 0 Å². The van der Waals surface area contributed by atoms with Crippen molar-refractivity contribution in [3.8, 4) is 0 Å². The first-order valence-corrected chi connectivity index (χ1v) is 6.99. The van der Waals surface area contributed by atoms with Crippen LogP contribution < -0.4 is 4.72 Å². The van der Waals surface area contributed by atoms with Gasteiger partial charge in [-0.2, -0.15) is 0 Å². The maximum absolute atomic E-state index is 11.1. The molecule has 16 heavy (non-hydrogen) atoms. The molecule has 0 aliphatic heterocycles. The van der Waals surface area contributed by atoms with E-state index in [2.05, 4.69) is 9.71 Å². The molecule has 0 saturated heterocycles. The van der Waals surface area contributed by atoms with Crippen LogP contribution in [-0.2, 0) is 16.6 Å². The molecule has 0 aliphatic carbocycles. The van der Waals surface area contributed by atoms with Crippen LogP contribution in [0.2, 0.25) is 0 Å². The fourth-order valence-electron chi connectivity index (χ4n) is 1.00. The first kappa shape index (κ1) is 13.1. The van der Waals surface area contributed by atoms with E-state index in [1.165, 1.54) is 6.92 Å². The van der Waals surface area contributed by atoms with Crippen LogP contribution in [0.15, 0.2) is 0 Å². The second-order valence-corrected chi connectivity index (χ2v) is 6.23. The summed E-state index contributed by atoms with van der Waals surface area (Å²) in [6, 6.07) is 0. The predicted molar refractivity (Wildman–Crippen MR) is 60.1 cm³/mol. The minimum Gasteiger partial charge on any atom is -0.477 e. The fourth-order valence-corrected chi connectivity index (χ4v) is 2.50. The lowest BCUT2D eigenvalue weighted by atomic mass is 10.4. The van der Waals surface area contributed by atoms with E-state index in [0.717, 1.165) is 11.3 Å². The van der Waals surface area contributed by atoms with Gasteiger partial charge < -0.3 is 5.11 Å². The number of rotatable bonds is 5. The minimum atomic E-state index is -3.27. The van der Waals surface area contributed by atoms with Crippen molar-refractivity contribution in [3.63, 3.8) is 0 Å². The number of hydrogen-bond acceptors (Lipinski definition) is 5. The third-order valence-corrected chi connectivity index (χ3v) is 4.35. The molecule has 0 amide bonds. The Kier molecular flexibility index (Phi) is 4.00. The van der Waals surface area contributed by atoms with Crippen molar-refractivity contribution >= 4 is 27.3 Å². The highest BCUT2D eigenvalue weighted by Gasteiger charge is 2.15. The maximum Gasteiger partial charge on any atom is 0.347 e. The van der Waals surface area contributed by atoms with Gasteiger partial charge in [-0.15, -0.1) is 11.3 Å². The number of nitrogens with zero attached hydrogens (tertiary/aromatic N) is 1. The lowest BCUT2D eigenvalue weighted by Crippen LogP contribution is -2.24. The Bertz CT molecular complexity index is 492. The molecule has 0 spiro atoms. The summed E-state index contributed by atoms with van der Waals surface area (Å²) in [4.78, 5) is 14.8. The number of sulfonamides is 1. The standard InChI is InChI=1S/C8H12N2O4S2/c1-3-16(13,14)9-4-6-10-5(2)7(15-6)8(11)12/h9H,3-4H2,1-2H3,(H,11,12). The Labute approximate surface area is 97.4 Å². The molecule has 6 nitrogen and oxygen atoms in total. The molecule has 1 aromatic rings. The Morgan fingerprint density at radius 3 is 2.62 bits per heavy atom. The average Bonchev–Trinajstić information content (AvgIpc) is 2.57. The van der Waals surface area contributed by atoms with E-state index < -0.39 is 16.0 Å². The molecule has 90 valence electrons. The van der Waals surface area contributed by atoms with Crippen molar-refractivity contribution in [1.29, 1.82) is 0 Å². The third-order valence-electron chi connectivity index (χ3n) is 1.86. The largest absolute Gasteiger partial charge is 0.477 e. The Balaban J connectivity index is 2.77. The molecular formula is C8H12N2O4S2. The number of aryl methyl sites for hydroxylation is 1. The highest BCUT2D eigenvalue weighted by molar-refractivity contribution is 7.89. The van der Waals surface area contributed by atoms with Gasteiger partial charge in [-0.05, 0) is 13.8 Å². The van der Waals surface area contributed by atoms with Gasteiger partial charge in [-0.25, -0.2) is 22.9 Å². The Morgan fingerprint density at radius 2 is 2.19 bits per heavy atom. The fraction of sp³-hybridized carbons (Fsp3) is 0.500. The molecule has 0 atom stereocenters. The number of nitrogens with one attached hydrogen (secondary N) is 1. The number of carboxylic acid groups (broad SMARTS) is 1. The van der Waals surface area contributed by atoms with Crippen LogP contribution in [0.3, 0.4) is 0 Å². The number of aromatic nitrogens is 1. The normalized spacial score (nSPS) is 11.6. The molecule has 0 fully saturated rings. The molecule has 0 bridgehead atoms. The van der Waals surface area contributed by atoms with Crippen molar-refractivity contribution in [2.24, 2.45) is 0 Å². The second kappa shape index (κ2) is 4.89. The first-order chi connectivity index (χ1) is 7.35. The van der Waals surface area contributed by atoms with Crippen LogP contribution in [0.1, 0.15) is 27.3 Å². The van der Waals surface area contributed by atoms with Crippen molar-refractivity contribution in [2.75, 3.05) is 5.75 Å². The number of hydrogen-bond donors (Lipinski definition) is 2. The number of carboxylic acids is 1. The van der Waals surface area contributed by atoms with E-state index in [1.807, 2.05) is 0 Å². The van der Waals surface area contributed by atoms with E-state index in [4.69, 9.17) is 5.11 Å². The lowest BCUT2D eigenvalue weighted by Gasteiger charge is -2.00. The SMILES string of the molecule is CCS(=O)(=O)NCc1nc(C)c(C(=O)O)s1. The highest BCUT2D eigenvalue weighted by atomic mass is 32.2. The summed E-state index contributed by atoms with van der Waals surface area (Å²) in [5, 5.41) is 9.24. The smallest absolute Gasteiger partial charge is 0.347 e. The summed E-state index contributed by atoms with van der Waals surface area (Å²) in [7, 11) is -3.27. The van der Waals surface area contributed by atoms with Crippen molar-refractivity contribution in [1.82, 2.24) is 9.71 Å². The van der Waals surface area contributed by atoms with Crippen LogP contribution in [-0.4, -0.2) is 30.2 Å². The van der Waals surface area contributed by atoms with E-state index in [1.54, 1.807) is 6.92 Å². The number of carbonyl (C=O) groups is 1. The monoisotopic (exact) mass is 264 g/mol. The lowest BCUT2D eigenvalue weighted by molar-refractivity contribution is 0.0701. The maximum atomic E-state index is 11.1. The van der Waals surface area contributed by atoms with Gasteiger partial charge in [0.2, 0.25) is 10.0 Å². The molecule has 2 N–H and O–H groups in total. The van der Waals surface area contributed by atoms with Crippen molar-refractivity contribution in [3.05, 3.63) is 15.6 Å². The number of aromatic carboxylic acids is 1. The van der Waals surface area contributed by atoms with E-state index >= 15 is 0 Å². The zero-order valence-electron chi connectivity index (χ0n) is 8.85. The van der Waals surface area contributed by atoms with Crippen LogP contribution >= 0.6 is 11.3 Å². The molecular weight excluding hydrogens is 252 g/mol. The summed E-state index contributed by atoms with van der Waals surface area (Å²) < 4.78 is 24.6. The summed E-state index contributed by atoms with van der Waals surface area (Å²) in [6.45, 7) is 3.14. The zero-order valence-corrected chi connectivity index (χ0v) is 10.5. The molecule has 0 unspecified atom stereocenters. The third kappa shape index (κ3) is 3.26. The topological polar surface area (TPSA) is 96.4 Å². The zero-order chi connectivity index (χ0) is 12.3. The van der Waals surface area contributed by atoms with Gasteiger partial charge >= 0.3 is 5.97 Å². The van der Waals surface area contributed by atoms with Gasteiger partial charge in [0.05, 0.1) is 18.0 Å². The van der Waals surface area contributed by atoms with Crippen LogP contribution in [0.5, 0.6) is 0 Å². The molecule has 0 aliphatic rings. The van der Waals surface area contributed by atoms with E-state index in [9.17, 15) is 13.2 Å². The molecule has 0 saturated carbocycles. The van der Waals surface area contributed by atoms with Crippen LogP contribution in [0.4, 0.5) is 0 Å². The van der Waals surface area contributed by atoms with E-state index in [0.29, 0.717) is 10.7 Å². The first-order valence-electron chi connectivity index (χ1n) is 4.52. The summed E-state index contributed by atoms with van der Waals surface area (Å²) in [5.41, 5.74) is 0.406. The summed E-state index contributed by atoms with van der Waals surface area (Å²) in [5.74, 6) is -1.05. The van der Waals surface area contributed by atoms with Gasteiger partial charge in [0.1, 0.15) is 9.88 Å². The Hall–Kier alpha value is -0.990. The van der Waals surface area contributed by atoms with Crippen LogP contribution in [0.25, 0.3) is 0 Å². The quantitative estimate of drug-likeness (QED) is 0.811. The molecule has 8 heteroatoms. The van der Waals surface area contributed by atoms with E-state index in [-0.39, 0.29) is 17.2 Å². The Morgan fingerprint density at radius 1 is 1.56 bits per heavy atom. The van der Waals surface area contributed by atoms with Gasteiger partial charge in [0, 0.05) is 0 Å². The van der Waals surface area contributed by atoms with Crippen molar-refractivity contribution < 1.29 is 18.3 Å². The molecule has 1 heterocycles. The highest BCUT2D eigenvalue weighted by Crippen LogP contribution is 2.17. The second-order valence-electron chi connectivity index (χ2n) is 3.05. The average molecular weight is 264 g/mol. The van der Waals surface area contributed by atoms with Gasteiger partial charge in [0.15, 0.2) is 0 Å². The van der Waals surface area contributed by atoms with Crippen LogP contribution in [0, 0.1) is 6.92 Å². The van der Waals surface area contributed by atoms with Crippen molar-refractivity contribution in [2.45, 2.75) is 20.4 Å². The number of thiazole rings is 1. The van der Waals surface area contributed by atoms with Gasteiger partial charge in [0.25, 0.3) is 0 Å².